The lowest BCUT2D eigenvalue weighted by Crippen LogP contribution is -2.19. The number of hydrogen-bond donors (Lipinski definition) is 1. The molecule has 0 radical (unpaired) electrons. The molecule has 0 unspecified atom stereocenters. The molecule has 10 heteroatoms. The minimum absolute atomic E-state index is 0.0787. The van der Waals surface area contributed by atoms with Crippen molar-refractivity contribution in [1.29, 1.82) is 0 Å². The second-order valence-electron chi connectivity index (χ2n) is 7.96. The van der Waals surface area contributed by atoms with Crippen LogP contribution in [0.5, 0.6) is 5.75 Å². The summed E-state index contributed by atoms with van der Waals surface area (Å²) in [6.45, 7) is 0.952. The van der Waals surface area contributed by atoms with E-state index in [4.69, 9.17) is 21.1 Å². The fourth-order valence-electron chi connectivity index (χ4n) is 3.43. The number of fused-ring (bicyclic) bond motifs is 1. The maximum absolute atomic E-state index is 12.5. The van der Waals surface area contributed by atoms with Crippen molar-refractivity contribution in [3.63, 3.8) is 0 Å². The summed E-state index contributed by atoms with van der Waals surface area (Å²) in [5.74, 6) is 0.592. The van der Waals surface area contributed by atoms with Gasteiger partial charge in [0.15, 0.2) is 9.84 Å². The number of aromatic nitrogens is 2. The molecule has 0 atom stereocenters. The molecule has 1 N–H and O–H groups in total. The predicted octanol–water partition coefficient (Wildman–Crippen LogP) is 2.87. The number of pyridine rings is 1. The average molecular weight is 531 g/mol. The molecule has 0 bridgehead atoms. The first-order chi connectivity index (χ1) is 16.7. The first-order valence-electron chi connectivity index (χ1n) is 10.6. The molecule has 2 heterocycles. The monoisotopic (exact) mass is 530 g/mol. The molecule has 0 aliphatic carbocycles. The van der Waals surface area contributed by atoms with Gasteiger partial charge in [-0.25, -0.2) is 8.42 Å². The largest absolute Gasteiger partial charge is 0.490 e. The Morgan fingerprint density at radius 1 is 1.11 bits per heavy atom. The summed E-state index contributed by atoms with van der Waals surface area (Å²) < 4.78 is 34.8. The lowest BCUT2D eigenvalue weighted by atomic mass is 10.1. The van der Waals surface area contributed by atoms with Crippen LogP contribution in [0.1, 0.15) is 16.7 Å². The van der Waals surface area contributed by atoms with Gasteiger partial charge in [0.25, 0.3) is 5.56 Å². The van der Waals surface area contributed by atoms with Gasteiger partial charge >= 0.3 is 0 Å². The van der Waals surface area contributed by atoms with Crippen LogP contribution in [0.3, 0.4) is 0 Å². The topological polar surface area (TPSA) is 98.3 Å². The van der Waals surface area contributed by atoms with Gasteiger partial charge in [0.1, 0.15) is 12.4 Å². The number of nitrogens with one attached hydrogen (secondary N) is 1. The van der Waals surface area contributed by atoms with Gasteiger partial charge in [0.05, 0.1) is 33.3 Å². The lowest BCUT2D eigenvalue weighted by molar-refractivity contribution is 0.146. The van der Waals surface area contributed by atoms with Crippen LogP contribution >= 0.6 is 22.9 Å². The van der Waals surface area contributed by atoms with Crippen molar-refractivity contribution in [1.82, 2.24) is 9.97 Å². The van der Waals surface area contributed by atoms with Crippen LogP contribution in [0, 0.1) is 0 Å². The Morgan fingerprint density at radius 3 is 2.69 bits per heavy atom. The third kappa shape index (κ3) is 6.79. The SMILES string of the molecule is COCCOc1cnc2cc(/C=c3\s/c(=C\c4ccc(CS(C)(=O)=O)cc4Cl)[nH]c3=O)ccc2c1. The molecule has 0 saturated carbocycles. The molecular weight excluding hydrogens is 508 g/mol. The normalized spacial score (nSPS) is 13.0. The highest BCUT2D eigenvalue weighted by Crippen LogP contribution is 2.21. The second kappa shape index (κ2) is 10.7. The predicted molar refractivity (Wildman–Crippen MR) is 140 cm³/mol. The van der Waals surface area contributed by atoms with Crippen LogP contribution in [0.25, 0.3) is 23.1 Å². The zero-order valence-corrected chi connectivity index (χ0v) is 21.5. The molecule has 0 fully saturated rings. The fourth-order valence-corrected chi connectivity index (χ4v) is 5.38. The van der Waals surface area contributed by atoms with Gasteiger partial charge in [-0.2, -0.15) is 0 Å². The summed E-state index contributed by atoms with van der Waals surface area (Å²) in [5.41, 5.74) is 2.73. The van der Waals surface area contributed by atoms with Crippen molar-refractivity contribution in [2.75, 3.05) is 26.6 Å². The van der Waals surface area contributed by atoms with Crippen molar-refractivity contribution in [3.05, 3.63) is 89.9 Å². The van der Waals surface area contributed by atoms with Crippen molar-refractivity contribution < 1.29 is 17.9 Å². The van der Waals surface area contributed by atoms with Crippen molar-refractivity contribution in [3.8, 4) is 5.75 Å². The first kappa shape index (κ1) is 25.1. The molecule has 35 heavy (non-hydrogen) atoms. The van der Waals surface area contributed by atoms with Gasteiger partial charge in [0.2, 0.25) is 0 Å². The first-order valence-corrected chi connectivity index (χ1v) is 13.9. The number of ether oxygens (including phenoxy) is 2. The number of methoxy groups -OCH3 is 1. The van der Waals surface area contributed by atoms with Gasteiger partial charge < -0.3 is 14.5 Å². The molecule has 2 aromatic heterocycles. The van der Waals surface area contributed by atoms with E-state index in [9.17, 15) is 13.2 Å². The summed E-state index contributed by atoms with van der Waals surface area (Å²) in [6.07, 6.45) is 6.42. The number of rotatable bonds is 8. The van der Waals surface area contributed by atoms with Crippen LogP contribution < -0.4 is 19.5 Å². The Hall–Kier alpha value is -2.98. The molecular formula is C25H23ClN2O5S2. The Morgan fingerprint density at radius 2 is 1.94 bits per heavy atom. The third-order valence-electron chi connectivity index (χ3n) is 5.00. The van der Waals surface area contributed by atoms with E-state index in [0.717, 1.165) is 16.5 Å². The number of sulfone groups is 1. The van der Waals surface area contributed by atoms with Crippen molar-refractivity contribution in [2.24, 2.45) is 0 Å². The molecule has 2 aromatic carbocycles. The van der Waals surface area contributed by atoms with Crippen LogP contribution in [-0.2, 0) is 20.3 Å². The molecule has 0 amide bonds. The number of hydrogen-bond acceptors (Lipinski definition) is 7. The van der Waals surface area contributed by atoms with Gasteiger partial charge in [0, 0.05) is 23.8 Å². The second-order valence-corrected chi connectivity index (χ2v) is 11.6. The minimum Gasteiger partial charge on any atom is -0.490 e. The summed E-state index contributed by atoms with van der Waals surface area (Å²) in [7, 11) is -1.53. The summed E-state index contributed by atoms with van der Waals surface area (Å²) in [5, 5.41) is 1.34. The van der Waals surface area contributed by atoms with E-state index in [1.807, 2.05) is 30.3 Å². The zero-order valence-electron chi connectivity index (χ0n) is 19.1. The highest BCUT2D eigenvalue weighted by molar-refractivity contribution is 7.89. The number of nitrogens with zero attached hydrogens (tertiary/aromatic N) is 1. The van der Waals surface area contributed by atoms with E-state index >= 15 is 0 Å². The van der Waals surface area contributed by atoms with E-state index in [2.05, 4.69) is 9.97 Å². The Bertz CT molecular complexity index is 1660. The van der Waals surface area contributed by atoms with Crippen molar-refractivity contribution >= 4 is 55.8 Å². The Balaban J connectivity index is 1.61. The van der Waals surface area contributed by atoms with E-state index < -0.39 is 9.84 Å². The molecule has 4 aromatic rings. The van der Waals surface area contributed by atoms with Crippen LogP contribution in [0.2, 0.25) is 5.02 Å². The Labute approximate surface area is 211 Å². The van der Waals surface area contributed by atoms with Crippen LogP contribution in [-0.4, -0.2) is 45.0 Å². The maximum atomic E-state index is 12.5. The highest BCUT2D eigenvalue weighted by atomic mass is 35.5. The molecule has 7 nitrogen and oxygen atoms in total. The summed E-state index contributed by atoms with van der Waals surface area (Å²) in [6, 6.07) is 12.8. The molecule has 182 valence electrons. The molecule has 4 rings (SSSR count). The number of halogens is 1. The number of H-pyrrole nitrogens is 1. The molecule has 0 aliphatic heterocycles. The van der Waals surface area contributed by atoms with Gasteiger partial charge in [-0.05, 0) is 47.0 Å². The number of thiazole rings is 1. The molecule has 0 saturated heterocycles. The third-order valence-corrected chi connectivity index (χ3v) is 7.15. The van der Waals surface area contributed by atoms with Gasteiger partial charge in [-0.15, -0.1) is 11.3 Å². The van der Waals surface area contributed by atoms with Gasteiger partial charge in [-0.3, -0.25) is 9.78 Å². The van der Waals surface area contributed by atoms with E-state index in [0.29, 0.717) is 44.3 Å². The standard InChI is InChI=1S/C25H23ClN2O5S2/c1-32-7-8-33-20-12-19-6-3-16(10-22(19)27-14-20)11-23-25(29)28-24(34-23)13-18-5-4-17(9-21(18)26)15-35(2,30)31/h3-6,9-14H,7-8,15H2,1-2H3,(H,28,29)/b23-11-,24-13-. The zero-order chi connectivity index (χ0) is 25.0. The van der Waals surface area contributed by atoms with Crippen LogP contribution in [0.4, 0.5) is 0 Å². The fraction of sp³-hybridized carbons (Fsp3) is 0.200. The maximum Gasteiger partial charge on any atom is 0.266 e. The number of benzene rings is 2. The minimum atomic E-state index is -3.15. The Kier molecular flexibility index (Phi) is 7.71. The summed E-state index contributed by atoms with van der Waals surface area (Å²) >= 11 is 7.65. The van der Waals surface area contributed by atoms with E-state index in [1.165, 1.54) is 17.6 Å². The summed E-state index contributed by atoms with van der Waals surface area (Å²) in [4.78, 5) is 19.8. The quantitative estimate of drug-likeness (QED) is 0.352. The average Bonchev–Trinajstić information content (AvgIpc) is 3.13. The van der Waals surface area contributed by atoms with Gasteiger partial charge in [-0.1, -0.05) is 35.9 Å². The van der Waals surface area contributed by atoms with E-state index in [-0.39, 0.29) is 11.3 Å². The number of aromatic amines is 1. The highest BCUT2D eigenvalue weighted by Gasteiger charge is 2.07. The lowest BCUT2D eigenvalue weighted by Gasteiger charge is -2.06. The van der Waals surface area contributed by atoms with E-state index in [1.54, 1.807) is 37.6 Å². The smallest absolute Gasteiger partial charge is 0.266 e. The molecule has 0 aliphatic rings. The van der Waals surface area contributed by atoms with Crippen molar-refractivity contribution in [2.45, 2.75) is 5.75 Å². The van der Waals surface area contributed by atoms with Crippen LogP contribution in [0.15, 0.2) is 53.5 Å². The molecule has 0 spiro atoms.